The van der Waals surface area contributed by atoms with Gasteiger partial charge in [-0.25, -0.2) is 0 Å². The van der Waals surface area contributed by atoms with Crippen molar-refractivity contribution in [1.82, 2.24) is 14.8 Å². The molecule has 7 nitrogen and oxygen atoms in total. The van der Waals surface area contributed by atoms with Crippen molar-refractivity contribution in [2.75, 3.05) is 13.2 Å². The summed E-state index contributed by atoms with van der Waals surface area (Å²) >= 11 is 0. The number of aromatic nitrogens is 1. The van der Waals surface area contributed by atoms with E-state index in [9.17, 15) is 19.5 Å². The van der Waals surface area contributed by atoms with Crippen molar-refractivity contribution >= 4 is 17.7 Å². The Morgan fingerprint density at radius 3 is 2.72 bits per heavy atom. The normalized spacial score (nSPS) is 23.6. The molecule has 2 atom stereocenters. The smallest absolute Gasteiger partial charge is 0.241 e. The van der Waals surface area contributed by atoms with Crippen LogP contribution >= 0.6 is 0 Å². The minimum atomic E-state index is -1.24. The fraction of sp³-hybridized carbons (Fsp3) is 0.440. The van der Waals surface area contributed by atoms with Crippen LogP contribution in [0.15, 0.2) is 48.8 Å². The second kappa shape index (κ2) is 9.20. The zero-order valence-electron chi connectivity index (χ0n) is 18.4. The minimum absolute atomic E-state index is 0.0413. The van der Waals surface area contributed by atoms with Crippen molar-refractivity contribution in [1.29, 1.82) is 0 Å². The van der Waals surface area contributed by atoms with Gasteiger partial charge < -0.3 is 10.0 Å². The number of imide groups is 1. The first kappa shape index (κ1) is 22.1. The Labute approximate surface area is 188 Å². The molecule has 4 rings (SSSR count). The summed E-state index contributed by atoms with van der Waals surface area (Å²) in [7, 11) is 0. The van der Waals surface area contributed by atoms with E-state index >= 15 is 0 Å². The third kappa shape index (κ3) is 4.05. The molecule has 2 fully saturated rings. The maximum absolute atomic E-state index is 13.8. The molecule has 1 N–H and O–H groups in total. The van der Waals surface area contributed by atoms with Gasteiger partial charge in [0, 0.05) is 31.8 Å². The lowest BCUT2D eigenvalue weighted by molar-refractivity contribution is -0.144. The number of nitrogens with zero attached hydrogens (tertiary/aromatic N) is 3. The summed E-state index contributed by atoms with van der Waals surface area (Å²) in [6.45, 7) is 2.51. The lowest BCUT2D eigenvalue weighted by atomic mass is 9.73. The van der Waals surface area contributed by atoms with Crippen molar-refractivity contribution in [3.8, 4) is 0 Å². The molecule has 2 aliphatic rings. The van der Waals surface area contributed by atoms with Crippen molar-refractivity contribution < 1.29 is 19.5 Å². The van der Waals surface area contributed by atoms with E-state index in [0.717, 1.165) is 36.0 Å². The maximum Gasteiger partial charge on any atom is 0.241 e. The molecule has 168 valence electrons. The van der Waals surface area contributed by atoms with Gasteiger partial charge in [-0.2, -0.15) is 0 Å². The summed E-state index contributed by atoms with van der Waals surface area (Å²) in [5, 5.41) is 9.77. The van der Waals surface area contributed by atoms with Gasteiger partial charge in [0.2, 0.25) is 17.7 Å². The first-order chi connectivity index (χ1) is 15.5. The van der Waals surface area contributed by atoms with Crippen LogP contribution in [-0.4, -0.2) is 56.8 Å². The second-order valence-electron chi connectivity index (χ2n) is 8.82. The van der Waals surface area contributed by atoms with Crippen LogP contribution in [-0.2, 0) is 26.3 Å². The first-order valence-corrected chi connectivity index (χ1v) is 11.2. The summed E-state index contributed by atoms with van der Waals surface area (Å²) < 4.78 is 0. The molecule has 0 bridgehead atoms. The number of rotatable bonds is 6. The van der Waals surface area contributed by atoms with Crippen LogP contribution in [0.25, 0.3) is 0 Å². The summed E-state index contributed by atoms with van der Waals surface area (Å²) in [5.41, 5.74) is 1.12. The molecule has 0 saturated carbocycles. The zero-order valence-corrected chi connectivity index (χ0v) is 18.4. The van der Waals surface area contributed by atoms with Crippen molar-refractivity contribution in [2.45, 2.75) is 57.0 Å². The highest BCUT2D eigenvalue weighted by atomic mass is 16.3. The molecule has 1 aromatic heterocycles. The number of benzene rings is 1. The molecule has 2 saturated heterocycles. The quantitative estimate of drug-likeness (QED) is 0.704. The van der Waals surface area contributed by atoms with Crippen LogP contribution in [0.2, 0.25) is 0 Å². The fourth-order valence-corrected chi connectivity index (χ4v) is 5.07. The third-order valence-corrected chi connectivity index (χ3v) is 6.74. The molecule has 0 aliphatic carbocycles. The number of aliphatic hydroxyl groups excluding tert-OH is 1. The summed E-state index contributed by atoms with van der Waals surface area (Å²) in [6, 6.07) is 10.8. The lowest BCUT2D eigenvalue weighted by Gasteiger charge is -2.37. The molecule has 3 amide bonds. The molecule has 3 heterocycles. The van der Waals surface area contributed by atoms with Gasteiger partial charge in [0.05, 0.1) is 24.6 Å². The van der Waals surface area contributed by atoms with E-state index in [1.165, 1.54) is 4.90 Å². The van der Waals surface area contributed by atoms with Crippen molar-refractivity contribution in [3.05, 3.63) is 65.5 Å². The standard InChI is InChI=1S/C25H29N3O4/c1-18-7-2-3-10-21(18)25(13-22(30)27-12-5-4-9-20(27)17-29)14-23(31)28(24(25)32)16-19-8-6-11-26-15-19/h2-3,6-8,10-11,15,20,29H,4-5,9,12-14,16-17H2,1H3/t20-,25-/m0/s1. The Bertz CT molecular complexity index is 1010. The second-order valence-corrected chi connectivity index (χ2v) is 8.82. The van der Waals surface area contributed by atoms with E-state index in [0.29, 0.717) is 6.54 Å². The molecule has 0 unspecified atom stereocenters. The summed E-state index contributed by atoms with van der Waals surface area (Å²) in [4.78, 5) is 47.4. The average Bonchev–Trinajstić information content (AvgIpc) is 3.04. The number of aryl methyl sites for hydroxylation is 1. The number of hydrogen-bond donors (Lipinski definition) is 1. The van der Waals surface area contributed by atoms with Crippen LogP contribution < -0.4 is 0 Å². The van der Waals surface area contributed by atoms with E-state index in [1.54, 1.807) is 23.4 Å². The Morgan fingerprint density at radius 2 is 2.00 bits per heavy atom. The molecule has 0 spiro atoms. The maximum atomic E-state index is 13.8. The number of pyridine rings is 1. The van der Waals surface area contributed by atoms with Gasteiger partial charge in [0.25, 0.3) is 0 Å². The SMILES string of the molecule is Cc1ccccc1[C@]1(CC(=O)N2CCCC[C@H]2CO)CC(=O)N(Cc2cccnc2)C1=O. The molecule has 2 aliphatic heterocycles. The van der Waals surface area contributed by atoms with Crippen LogP contribution in [0.5, 0.6) is 0 Å². The Hall–Kier alpha value is -3.06. The predicted molar refractivity (Wildman–Crippen MR) is 118 cm³/mol. The van der Waals surface area contributed by atoms with Crippen molar-refractivity contribution in [2.24, 2.45) is 0 Å². The highest BCUT2D eigenvalue weighted by Gasteiger charge is 2.54. The van der Waals surface area contributed by atoms with E-state index < -0.39 is 5.41 Å². The predicted octanol–water partition coefficient (Wildman–Crippen LogP) is 2.35. The molecule has 1 aromatic carbocycles. The van der Waals surface area contributed by atoms with Crippen LogP contribution in [0.1, 0.15) is 48.8 Å². The summed E-state index contributed by atoms with van der Waals surface area (Å²) in [5.74, 6) is -0.810. The molecule has 32 heavy (non-hydrogen) atoms. The monoisotopic (exact) mass is 435 g/mol. The Morgan fingerprint density at radius 1 is 1.19 bits per heavy atom. The number of carbonyl (C=O) groups excluding carboxylic acids is 3. The van der Waals surface area contributed by atoms with Gasteiger partial charge >= 0.3 is 0 Å². The van der Waals surface area contributed by atoms with E-state index in [1.807, 2.05) is 37.3 Å². The van der Waals surface area contributed by atoms with Gasteiger partial charge in [-0.1, -0.05) is 30.3 Å². The third-order valence-electron chi connectivity index (χ3n) is 6.74. The topological polar surface area (TPSA) is 90.8 Å². The Balaban J connectivity index is 1.69. The number of hydrogen-bond acceptors (Lipinski definition) is 5. The average molecular weight is 436 g/mol. The highest BCUT2D eigenvalue weighted by molar-refractivity contribution is 6.10. The highest BCUT2D eigenvalue weighted by Crippen LogP contribution is 2.42. The Kier molecular flexibility index (Phi) is 6.37. The van der Waals surface area contributed by atoms with Gasteiger partial charge in [-0.3, -0.25) is 24.3 Å². The molecule has 0 radical (unpaired) electrons. The number of amides is 3. The van der Waals surface area contributed by atoms with Gasteiger partial charge in [0.15, 0.2) is 0 Å². The molecular formula is C25H29N3O4. The van der Waals surface area contributed by atoms with E-state index in [4.69, 9.17) is 0 Å². The van der Waals surface area contributed by atoms with Gasteiger partial charge in [-0.05, 0) is 48.9 Å². The first-order valence-electron chi connectivity index (χ1n) is 11.2. The van der Waals surface area contributed by atoms with Crippen LogP contribution in [0.4, 0.5) is 0 Å². The minimum Gasteiger partial charge on any atom is -0.394 e. The lowest BCUT2D eigenvalue weighted by Crippen LogP contribution is -2.49. The zero-order chi connectivity index (χ0) is 22.7. The van der Waals surface area contributed by atoms with Gasteiger partial charge in [-0.15, -0.1) is 0 Å². The van der Waals surface area contributed by atoms with Crippen molar-refractivity contribution in [3.63, 3.8) is 0 Å². The van der Waals surface area contributed by atoms with E-state index in [-0.39, 0.29) is 49.8 Å². The number of piperidine rings is 1. The van der Waals surface area contributed by atoms with Crippen LogP contribution in [0, 0.1) is 6.92 Å². The fourth-order valence-electron chi connectivity index (χ4n) is 5.07. The number of carbonyl (C=O) groups is 3. The number of likely N-dealkylation sites (tertiary alicyclic amines) is 2. The largest absolute Gasteiger partial charge is 0.394 e. The molecule has 7 heteroatoms. The molecular weight excluding hydrogens is 406 g/mol. The summed E-state index contributed by atoms with van der Waals surface area (Å²) in [6.07, 6.45) is 5.75. The van der Waals surface area contributed by atoms with E-state index in [2.05, 4.69) is 4.98 Å². The van der Waals surface area contributed by atoms with Crippen LogP contribution in [0.3, 0.4) is 0 Å². The van der Waals surface area contributed by atoms with Gasteiger partial charge in [0.1, 0.15) is 0 Å². The molecule has 2 aromatic rings. The number of aliphatic hydroxyl groups is 1.